The summed E-state index contributed by atoms with van der Waals surface area (Å²) in [6.07, 6.45) is 1.36. The molecule has 0 unspecified atom stereocenters. The van der Waals surface area contributed by atoms with Crippen LogP contribution in [0.4, 0.5) is 17.2 Å². The molecule has 110 valence electrons. The molecule has 0 atom stereocenters. The molecule has 0 saturated heterocycles. The Morgan fingerprint density at radius 2 is 1.95 bits per heavy atom. The van der Waals surface area contributed by atoms with Crippen LogP contribution in [0.2, 0.25) is 0 Å². The number of nitrogens with one attached hydrogen (secondary N) is 1. The first-order valence-electron chi connectivity index (χ1n) is 6.48. The van der Waals surface area contributed by atoms with Gasteiger partial charge < -0.3 is 10.1 Å². The van der Waals surface area contributed by atoms with Crippen LogP contribution in [0.5, 0.6) is 5.75 Å². The van der Waals surface area contributed by atoms with E-state index in [1.165, 1.54) is 19.5 Å². The van der Waals surface area contributed by atoms with Crippen molar-refractivity contribution in [3.8, 4) is 5.75 Å². The number of rotatable bonds is 4. The standard InChI is InChI=1S/C15H12N4O3/c1-22-14-7-11-12(8-13(14)19(20)21)16-9-17-15(11)18-10-5-3-2-4-6-10/h2-9H,1H3,(H,16,17,18). The van der Waals surface area contributed by atoms with Crippen LogP contribution in [0.1, 0.15) is 0 Å². The van der Waals surface area contributed by atoms with Gasteiger partial charge in [-0.25, -0.2) is 9.97 Å². The van der Waals surface area contributed by atoms with E-state index in [0.29, 0.717) is 16.7 Å². The fourth-order valence-corrected chi connectivity index (χ4v) is 2.14. The average molecular weight is 296 g/mol. The van der Waals surface area contributed by atoms with Crippen LogP contribution < -0.4 is 10.1 Å². The molecule has 0 bridgehead atoms. The number of aromatic nitrogens is 2. The molecule has 2 aromatic carbocycles. The molecule has 0 radical (unpaired) electrons. The quantitative estimate of drug-likeness (QED) is 0.587. The van der Waals surface area contributed by atoms with E-state index in [-0.39, 0.29) is 11.4 Å². The van der Waals surface area contributed by atoms with Crippen LogP contribution >= 0.6 is 0 Å². The first-order valence-corrected chi connectivity index (χ1v) is 6.48. The molecule has 3 rings (SSSR count). The Morgan fingerprint density at radius 3 is 2.64 bits per heavy atom. The first kappa shape index (κ1) is 13.7. The number of para-hydroxylation sites is 1. The number of nitro groups is 1. The Bertz CT molecular complexity index is 837. The molecule has 0 saturated carbocycles. The predicted octanol–water partition coefficient (Wildman–Crippen LogP) is 3.29. The molecule has 1 aromatic heterocycles. The topological polar surface area (TPSA) is 90.2 Å². The minimum Gasteiger partial charge on any atom is -0.490 e. The number of hydrogen-bond acceptors (Lipinski definition) is 6. The van der Waals surface area contributed by atoms with Gasteiger partial charge in [-0.05, 0) is 12.1 Å². The lowest BCUT2D eigenvalue weighted by Crippen LogP contribution is -1.98. The summed E-state index contributed by atoms with van der Waals surface area (Å²) in [7, 11) is 1.39. The fraction of sp³-hybridized carbons (Fsp3) is 0.0667. The second-order valence-corrected chi connectivity index (χ2v) is 4.51. The van der Waals surface area contributed by atoms with Crippen molar-refractivity contribution >= 4 is 28.1 Å². The Hall–Kier alpha value is -3.22. The van der Waals surface area contributed by atoms with Crippen molar-refractivity contribution in [2.75, 3.05) is 12.4 Å². The van der Waals surface area contributed by atoms with Crippen LogP contribution in [-0.2, 0) is 0 Å². The molecule has 0 aliphatic rings. The lowest BCUT2D eigenvalue weighted by molar-refractivity contribution is -0.385. The van der Waals surface area contributed by atoms with Gasteiger partial charge in [-0.2, -0.15) is 0 Å². The molecule has 0 spiro atoms. The number of hydrogen-bond donors (Lipinski definition) is 1. The maximum absolute atomic E-state index is 11.1. The van der Waals surface area contributed by atoms with E-state index in [1.807, 2.05) is 30.3 Å². The van der Waals surface area contributed by atoms with Gasteiger partial charge in [0.15, 0.2) is 5.75 Å². The van der Waals surface area contributed by atoms with Gasteiger partial charge in [0.05, 0.1) is 17.5 Å². The zero-order valence-electron chi connectivity index (χ0n) is 11.7. The highest BCUT2D eigenvalue weighted by molar-refractivity contribution is 5.93. The number of anilines is 2. The second-order valence-electron chi connectivity index (χ2n) is 4.51. The number of methoxy groups -OCH3 is 1. The maximum Gasteiger partial charge on any atom is 0.313 e. The van der Waals surface area contributed by atoms with Gasteiger partial charge in [-0.15, -0.1) is 0 Å². The van der Waals surface area contributed by atoms with Crippen molar-refractivity contribution in [1.29, 1.82) is 0 Å². The fourth-order valence-electron chi connectivity index (χ4n) is 2.14. The molecule has 0 fully saturated rings. The Balaban J connectivity index is 2.14. The molecule has 1 N–H and O–H groups in total. The van der Waals surface area contributed by atoms with Gasteiger partial charge in [-0.3, -0.25) is 10.1 Å². The number of ether oxygens (including phenoxy) is 1. The van der Waals surface area contributed by atoms with E-state index in [0.717, 1.165) is 5.69 Å². The number of nitro benzene ring substituents is 1. The molecule has 0 aliphatic heterocycles. The van der Waals surface area contributed by atoms with Crippen LogP contribution in [0, 0.1) is 10.1 Å². The highest BCUT2D eigenvalue weighted by Crippen LogP contribution is 2.34. The van der Waals surface area contributed by atoms with Crippen molar-refractivity contribution in [2.24, 2.45) is 0 Å². The summed E-state index contributed by atoms with van der Waals surface area (Å²) in [5, 5.41) is 14.9. The van der Waals surface area contributed by atoms with E-state index in [9.17, 15) is 10.1 Å². The highest BCUT2D eigenvalue weighted by Gasteiger charge is 2.18. The monoisotopic (exact) mass is 296 g/mol. The van der Waals surface area contributed by atoms with Gasteiger partial charge in [0, 0.05) is 23.2 Å². The summed E-state index contributed by atoms with van der Waals surface area (Å²) in [6, 6.07) is 12.5. The minimum atomic E-state index is -0.495. The molecular weight excluding hydrogens is 284 g/mol. The first-order chi connectivity index (χ1) is 10.7. The van der Waals surface area contributed by atoms with E-state index >= 15 is 0 Å². The summed E-state index contributed by atoms with van der Waals surface area (Å²) >= 11 is 0. The van der Waals surface area contributed by atoms with Crippen LogP contribution in [0.15, 0.2) is 48.8 Å². The number of benzene rings is 2. The summed E-state index contributed by atoms with van der Waals surface area (Å²) in [6.45, 7) is 0. The van der Waals surface area contributed by atoms with Crippen LogP contribution in [-0.4, -0.2) is 22.0 Å². The van der Waals surface area contributed by atoms with Crippen LogP contribution in [0.3, 0.4) is 0 Å². The Morgan fingerprint density at radius 1 is 1.18 bits per heavy atom. The van der Waals surface area contributed by atoms with Crippen molar-refractivity contribution in [2.45, 2.75) is 0 Å². The van der Waals surface area contributed by atoms with Gasteiger partial charge in [-0.1, -0.05) is 18.2 Å². The van der Waals surface area contributed by atoms with Crippen molar-refractivity contribution < 1.29 is 9.66 Å². The second kappa shape index (κ2) is 5.65. The number of fused-ring (bicyclic) bond motifs is 1. The summed E-state index contributed by atoms with van der Waals surface area (Å²) in [4.78, 5) is 18.9. The SMILES string of the molecule is COc1cc2c(Nc3ccccc3)ncnc2cc1[N+](=O)[O-]. The van der Waals surface area contributed by atoms with E-state index < -0.39 is 4.92 Å². The molecule has 3 aromatic rings. The lowest BCUT2D eigenvalue weighted by atomic mass is 10.2. The Kier molecular flexibility index (Phi) is 3.53. The zero-order chi connectivity index (χ0) is 15.5. The zero-order valence-corrected chi connectivity index (χ0v) is 11.7. The average Bonchev–Trinajstić information content (AvgIpc) is 2.55. The number of nitrogens with zero attached hydrogens (tertiary/aromatic N) is 3. The van der Waals surface area contributed by atoms with Crippen molar-refractivity contribution in [3.05, 3.63) is 58.9 Å². The molecule has 0 amide bonds. The Labute approximate surface area is 125 Å². The van der Waals surface area contributed by atoms with E-state index in [2.05, 4.69) is 15.3 Å². The van der Waals surface area contributed by atoms with E-state index in [4.69, 9.17) is 4.74 Å². The molecule has 0 aliphatic carbocycles. The molecular formula is C15H12N4O3. The lowest BCUT2D eigenvalue weighted by Gasteiger charge is -2.09. The smallest absolute Gasteiger partial charge is 0.313 e. The van der Waals surface area contributed by atoms with Gasteiger partial charge >= 0.3 is 5.69 Å². The van der Waals surface area contributed by atoms with Crippen molar-refractivity contribution in [1.82, 2.24) is 9.97 Å². The molecule has 1 heterocycles. The summed E-state index contributed by atoms with van der Waals surface area (Å²) < 4.78 is 5.09. The molecule has 7 nitrogen and oxygen atoms in total. The summed E-state index contributed by atoms with van der Waals surface area (Å²) in [5.41, 5.74) is 1.21. The van der Waals surface area contributed by atoms with Gasteiger partial charge in [0.1, 0.15) is 12.1 Å². The van der Waals surface area contributed by atoms with Crippen LogP contribution in [0.25, 0.3) is 10.9 Å². The normalized spacial score (nSPS) is 10.4. The third-order valence-electron chi connectivity index (χ3n) is 3.17. The predicted molar refractivity (Wildman–Crippen MR) is 82.5 cm³/mol. The maximum atomic E-state index is 11.1. The molecule has 22 heavy (non-hydrogen) atoms. The third-order valence-corrected chi connectivity index (χ3v) is 3.17. The van der Waals surface area contributed by atoms with Gasteiger partial charge in [0.2, 0.25) is 0 Å². The minimum absolute atomic E-state index is 0.126. The summed E-state index contributed by atoms with van der Waals surface area (Å²) in [5.74, 6) is 0.729. The van der Waals surface area contributed by atoms with Crippen molar-refractivity contribution in [3.63, 3.8) is 0 Å². The van der Waals surface area contributed by atoms with Gasteiger partial charge in [0.25, 0.3) is 0 Å². The largest absolute Gasteiger partial charge is 0.490 e. The molecule has 7 heteroatoms. The highest BCUT2D eigenvalue weighted by atomic mass is 16.6. The third kappa shape index (κ3) is 2.51. The van der Waals surface area contributed by atoms with E-state index in [1.54, 1.807) is 6.07 Å².